The first kappa shape index (κ1) is 52.0. The number of nitrogens with zero attached hydrogens (tertiary/aromatic N) is 7. The number of hydrogen-bond acceptors (Lipinski definition) is 10. The standard InChI is InChI=1S/C20H30BrN5O2S.C13H26N2O2S.C7H5BrClN3.2CH4/c1-13-16(21)17-22-7-10-26(17)18(23-13)25-8-5-20(6-9-25)12-14(27)11-15(20)24-29(28)19(2,3)4;1-12(2,3)18(17)15-11-8-10(16)9-13(11)4-6-14-7-5-13;1-4-5(8)6-10-2-3-12(6)7(9)11-4;;/h7,10,14-15,24,27H,5-6,8-9,11-12H2,1-4H3;10-11,14-16H,4-9H2,1-3H3;2-3H,1H3;2*1H4/t14-,15+,29+;10-,11+,18+;;;/m00.../s1. The molecule has 0 radical (unpaired) electrons. The minimum atomic E-state index is -1.14. The van der Waals surface area contributed by atoms with Crippen LogP contribution < -0.4 is 19.7 Å². The lowest BCUT2D eigenvalue weighted by Gasteiger charge is -2.44. The fourth-order valence-electron chi connectivity index (χ4n) is 8.86. The van der Waals surface area contributed by atoms with E-state index in [0.717, 1.165) is 109 Å². The van der Waals surface area contributed by atoms with Crippen molar-refractivity contribution in [1.82, 2.24) is 43.5 Å². The molecule has 2 saturated carbocycles. The molecule has 344 valence electrons. The van der Waals surface area contributed by atoms with E-state index in [-0.39, 0.29) is 59.5 Å². The van der Waals surface area contributed by atoms with Gasteiger partial charge in [0.2, 0.25) is 11.2 Å². The summed E-state index contributed by atoms with van der Waals surface area (Å²) < 4.78 is 36.6. The molecule has 14 nitrogen and oxygen atoms in total. The zero-order chi connectivity index (χ0) is 43.1. The fourth-order valence-corrected chi connectivity index (χ4v) is 11.8. The van der Waals surface area contributed by atoms with Gasteiger partial charge in [-0.05, 0) is 174 Å². The Morgan fingerprint density at radius 1 is 0.754 bits per heavy atom. The molecular formula is C42H69Br2ClN10O4S2. The third-order valence-electron chi connectivity index (χ3n) is 12.3. The van der Waals surface area contributed by atoms with Gasteiger partial charge in [-0.3, -0.25) is 8.80 Å². The number of piperidine rings is 2. The van der Waals surface area contributed by atoms with Gasteiger partial charge in [0, 0.05) is 50.0 Å². The SMILES string of the molecule is C.C.CC(C)(C)[S@@](=O)N[C@@H]1C[C@H](O)CC12CCNCC2.Cc1nc(Cl)n2ccnc2c1Br.Cc1nc(N2CCC3(CC2)C[C@@H](O)C[C@H]3N[S@](=O)C(C)(C)C)n2ccnc2c1Br. The summed E-state index contributed by atoms with van der Waals surface area (Å²) in [4.78, 5) is 19.8. The zero-order valence-corrected chi connectivity index (χ0v) is 41.0. The van der Waals surface area contributed by atoms with Crippen LogP contribution in [0.25, 0.3) is 11.3 Å². The summed E-state index contributed by atoms with van der Waals surface area (Å²) in [7, 11) is -2.19. The average molecular weight is 1040 g/mol. The molecule has 0 bridgehead atoms. The molecule has 4 aliphatic rings. The largest absolute Gasteiger partial charge is 0.393 e. The van der Waals surface area contributed by atoms with E-state index in [2.05, 4.69) is 66.5 Å². The van der Waals surface area contributed by atoms with Crippen LogP contribution in [0.5, 0.6) is 0 Å². The van der Waals surface area contributed by atoms with Crippen molar-refractivity contribution >= 4 is 82.7 Å². The number of aryl methyl sites for hydroxylation is 2. The van der Waals surface area contributed by atoms with Crippen molar-refractivity contribution in [3.05, 3.63) is 50.4 Å². The lowest BCUT2D eigenvalue weighted by molar-refractivity contribution is 0.133. The zero-order valence-electron chi connectivity index (χ0n) is 35.4. The first-order chi connectivity index (χ1) is 27.6. The molecule has 4 aromatic rings. The number of imidazole rings is 2. The van der Waals surface area contributed by atoms with Gasteiger partial charge >= 0.3 is 0 Å². The molecule has 0 unspecified atom stereocenters. The molecule has 0 amide bonds. The van der Waals surface area contributed by atoms with E-state index in [1.165, 1.54) is 0 Å². The highest BCUT2D eigenvalue weighted by Crippen LogP contribution is 2.48. The minimum Gasteiger partial charge on any atom is -0.393 e. The summed E-state index contributed by atoms with van der Waals surface area (Å²) in [6, 6.07) is 0.266. The predicted octanol–water partition coefficient (Wildman–Crippen LogP) is 7.62. The molecule has 2 aliphatic heterocycles. The number of fused-ring (bicyclic) bond motifs is 2. The summed E-state index contributed by atoms with van der Waals surface area (Å²) >= 11 is 12.8. The number of aliphatic hydroxyl groups excluding tert-OH is 2. The van der Waals surface area contributed by atoms with Crippen molar-refractivity contribution in [2.45, 2.75) is 155 Å². The summed E-state index contributed by atoms with van der Waals surface area (Å²) in [5.41, 5.74) is 3.58. The highest BCUT2D eigenvalue weighted by molar-refractivity contribution is 9.11. The predicted molar refractivity (Wildman–Crippen MR) is 258 cm³/mol. The monoisotopic (exact) mass is 1030 g/mol. The van der Waals surface area contributed by atoms with Crippen molar-refractivity contribution in [3.63, 3.8) is 0 Å². The quantitative estimate of drug-likeness (QED) is 0.125. The third kappa shape index (κ3) is 11.6. The number of aliphatic hydroxyl groups is 2. The van der Waals surface area contributed by atoms with Gasteiger partial charge in [-0.1, -0.05) is 14.9 Å². The van der Waals surface area contributed by atoms with Crippen molar-refractivity contribution < 1.29 is 18.6 Å². The van der Waals surface area contributed by atoms with Crippen LogP contribution in [-0.2, 0) is 22.0 Å². The number of hydrogen-bond donors (Lipinski definition) is 5. The Morgan fingerprint density at radius 3 is 1.66 bits per heavy atom. The van der Waals surface area contributed by atoms with Crippen LogP contribution in [0, 0.1) is 24.7 Å². The van der Waals surface area contributed by atoms with Crippen molar-refractivity contribution in [3.8, 4) is 0 Å². The number of anilines is 1. The molecule has 6 atom stereocenters. The van der Waals surface area contributed by atoms with Crippen LogP contribution in [0.4, 0.5) is 5.95 Å². The summed E-state index contributed by atoms with van der Waals surface area (Å²) in [6.45, 7) is 19.5. The molecule has 61 heavy (non-hydrogen) atoms. The molecular weight excluding hydrogens is 968 g/mol. The maximum absolute atomic E-state index is 12.7. The van der Waals surface area contributed by atoms with Crippen LogP contribution in [-0.4, -0.2) is 107 Å². The Bertz CT molecular complexity index is 2150. The van der Waals surface area contributed by atoms with Gasteiger partial charge in [0.05, 0.1) is 64.0 Å². The summed E-state index contributed by atoms with van der Waals surface area (Å²) in [5.74, 6) is 0.911. The lowest BCUT2D eigenvalue weighted by Crippen LogP contribution is -2.51. The second-order valence-electron chi connectivity index (χ2n) is 18.6. The van der Waals surface area contributed by atoms with E-state index in [4.69, 9.17) is 16.6 Å². The van der Waals surface area contributed by atoms with Gasteiger partial charge in [-0.2, -0.15) is 0 Å². The van der Waals surface area contributed by atoms with Crippen LogP contribution in [0.2, 0.25) is 5.28 Å². The Hall–Kier alpha value is -1.61. The second kappa shape index (κ2) is 20.7. The van der Waals surface area contributed by atoms with E-state index in [9.17, 15) is 18.6 Å². The summed E-state index contributed by atoms with van der Waals surface area (Å²) in [6.07, 6.45) is 13.7. The average Bonchev–Trinajstić information content (AvgIpc) is 3.97. The van der Waals surface area contributed by atoms with Gasteiger partial charge in [0.1, 0.15) is 0 Å². The number of aromatic nitrogens is 6. The Balaban J connectivity index is 0.000000219. The number of rotatable bonds is 5. The van der Waals surface area contributed by atoms with Gasteiger partial charge in [-0.15, -0.1) is 0 Å². The highest BCUT2D eigenvalue weighted by atomic mass is 79.9. The number of nitrogens with one attached hydrogen (secondary N) is 3. The van der Waals surface area contributed by atoms with Crippen LogP contribution in [0.1, 0.15) is 119 Å². The normalized spacial score (nSPS) is 24.4. The summed E-state index contributed by atoms with van der Waals surface area (Å²) in [5, 5.41) is 24.2. The smallest absolute Gasteiger partial charge is 0.211 e. The maximum atomic E-state index is 12.7. The molecule has 4 aromatic heterocycles. The first-order valence-electron chi connectivity index (χ1n) is 20.5. The lowest BCUT2D eigenvalue weighted by atomic mass is 9.74. The van der Waals surface area contributed by atoms with E-state index in [0.29, 0.717) is 11.7 Å². The molecule has 6 heterocycles. The molecule has 19 heteroatoms. The Morgan fingerprint density at radius 2 is 1.18 bits per heavy atom. The molecule has 2 saturated heterocycles. The topological polar surface area (TPSA) is 174 Å². The molecule has 5 N–H and O–H groups in total. The molecule has 2 aliphatic carbocycles. The molecule has 2 spiro atoms. The molecule has 0 aromatic carbocycles. The van der Waals surface area contributed by atoms with Crippen molar-refractivity contribution in [2.24, 2.45) is 10.8 Å². The van der Waals surface area contributed by atoms with Crippen LogP contribution in [0.15, 0.2) is 33.7 Å². The first-order valence-corrected chi connectivity index (χ1v) is 24.7. The molecule has 8 rings (SSSR count). The highest BCUT2D eigenvalue weighted by Gasteiger charge is 2.50. The van der Waals surface area contributed by atoms with Gasteiger partial charge < -0.3 is 20.4 Å². The second-order valence-corrected chi connectivity index (χ2v) is 24.5. The van der Waals surface area contributed by atoms with E-state index >= 15 is 0 Å². The minimum absolute atomic E-state index is 0. The van der Waals surface area contributed by atoms with Gasteiger partial charge in [0.25, 0.3) is 0 Å². The number of halogens is 3. The third-order valence-corrected chi connectivity index (χ3v) is 17.6. The van der Waals surface area contributed by atoms with Gasteiger partial charge in [-0.25, -0.2) is 37.8 Å². The van der Waals surface area contributed by atoms with Crippen LogP contribution >= 0.6 is 43.5 Å². The van der Waals surface area contributed by atoms with E-state index in [1.54, 1.807) is 23.0 Å². The van der Waals surface area contributed by atoms with Crippen LogP contribution in [0.3, 0.4) is 0 Å². The van der Waals surface area contributed by atoms with Crippen molar-refractivity contribution in [2.75, 3.05) is 31.1 Å². The molecule has 4 fully saturated rings. The Labute approximate surface area is 390 Å². The fraction of sp³-hybridized carbons (Fsp3) is 0.714. The Kier molecular flexibility index (Phi) is 17.7. The van der Waals surface area contributed by atoms with E-state index in [1.807, 2.05) is 66.0 Å². The van der Waals surface area contributed by atoms with Crippen molar-refractivity contribution in [1.29, 1.82) is 0 Å². The van der Waals surface area contributed by atoms with E-state index < -0.39 is 22.0 Å². The maximum Gasteiger partial charge on any atom is 0.211 e. The van der Waals surface area contributed by atoms with Gasteiger partial charge in [0.15, 0.2) is 11.3 Å².